The molecular weight excluding hydrogens is 231 g/mol. The first-order chi connectivity index (χ1) is 8.58. The Hall–Kier alpha value is -1.88. The summed E-state index contributed by atoms with van der Waals surface area (Å²) in [5, 5.41) is 0. The molecule has 1 aromatic heterocycles. The number of aromatic nitrogens is 2. The van der Waals surface area contributed by atoms with Crippen molar-refractivity contribution in [3.8, 4) is 0 Å². The van der Waals surface area contributed by atoms with Crippen molar-refractivity contribution in [2.75, 3.05) is 12.8 Å². The lowest BCUT2D eigenvalue weighted by atomic mass is 10.1. The van der Waals surface area contributed by atoms with Crippen molar-refractivity contribution in [3.63, 3.8) is 0 Å². The van der Waals surface area contributed by atoms with Crippen LogP contribution in [0.4, 0.5) is 10.1 Å². The number of nitrogens with zero attached hydrogens (tertiary/aromatic N) is 3. The lowest BCUT2D eigenvalue weighted by molar-refractivity contribution is 0.303. The number of imidazole rings is 1. The maximum atomic E-state index is 13.6. The second-order valence-corrected chi connectivity index (χ2v) is 4.43. The Morgan fingerprint density at radius 2 is 2.17 bits per heavy atom. The molecule has 2 N–H and O–H groups in total. The smallest absolute Gasteiger partial charge is 0.129 e. The van der Waals surface area contributed by atoms with Gasteiger partial charge in [-0.1, -0.05) is 6.07 Å². The van der Waals surface area contributed by atoms with E-state index in [0.717, 1.165) is 5.82 Å². The summed E-state index contributed by atoms with van der Waals surface area (Å²) in [6, 6.07) is 4.76. The van der Waals surface area contributed by atoms with E-state index >= 15 is 0 Å². The summed E-state index contributed by atoms with van der Waals surface area (Å²) in [6.45, 7) is 1.11. The van der Waals surface area contributed by atoms with Gasteiger partial charge in [-0.2, -0.15) is 0 Å². The Bertz CT molecular complexity index is 515. The zero-order valence-corrected chi connectivity index (χ0v) is 10.6. The van der Waals surface area contributed by atoms with Gasteiger partial charge in [0.25, 0.3) is 0 Å². The van der Waals surface area contributed by atoms with Gasteiger partial charge in [-0.15, -0.1) is 0 Å². The van der Waals surface area contributed by atoms with Crippen LogP contribution in [-0.4, -0.2) is 21.5 Å². The zero-order chi connectivity index (χ0) is 13.1. The predicted molar refractivity (Wildman–Crippen MR) is 69.2 cm³/mol. The van der Waals surface area contributed by atoms with E-state index in [2.05, 4.69) is 4.98 Å². The van der Waals surface area contributed by atoms with Crippen molar-refractivity contribution in [2.24, 2.45) is 7.05 Å². The SMILES string of the molecule is CN(Cc1c(N)cccc1F)Cc1nccn1C. The number of nitrogen functional groups attached to an aromatic ring is 1. The Kier molecular flexibility index (Phi) is 3.62. The van der Waals surface area contributed by atoms with Crippen LogP contribution in [0.3, 0.4) is 0 Å². The molecule has 96 valence electrons. The summed E-state index contributed by atoms with van der Waals surface area (Å²) in [6.07, 6.45) is 3.64. The van der Waals surface area contributed by atoms with Crippen molar-refractivity contribution < 1.29 is 4.39 Å². The molecular formula is C13H17FN4. The number of nitrogens with two attached hydrogens (primary N) is 1. The highest BCUT2D eigenvalue weighted by Crippen LogP contribution is 2.17. The van der Waals surface area contributed by atoms with Gasteiger partial charge in [0.15, 0.2) is 0 Å². The molecule has 1 aromatic carbocycles. The summed E-state index contributed by atoms with van der Waals surface area (Å²) in [7, 11) is 3.86. The van der Waals surface area contributed by atoms with E-state index in [9.17, 15) is 4.39 Å². The summed E-state index contributed by atoms with van der Waals surface area (Å²) < 4.78 is 15.6. The van der Waals surface area contributed by atoms with Crippen molar-refractivity contribution in [2.45, 2.75) is 13.1 Å². The fraction of sp³-hybridized carbons (Fsp3) is 0.308. The average Bonchev–Trinajstić information content (AvgIpc) is 2.70. The molecule has 0 spiro atoms. The van der Waals surface area contributed by atoms with Gasteiger partial charge in [0.1, 0.15) is 11.6 Å². The first-order valence-corrected chi connectivity index (χ1v) is 5.75. The number of hydrogen-bond donors (Lipinski definition) is 1. The number of anilines is 1. The minimum absolute atomic E-state index is 0.262. The second-order valence-electron chi connectivity index (χ2n) is 4.43. The number of halogens is 1. The molecule has 0 bridgehead atoms. The third kappa shape index (κ3) is 2.68. The summed E-state index contributed by atoms with van der Waals surface area (Å²) in [5.41, 5.74) is 6.81. The molecule has 5 heteroatoms. The Balaban J connectivity index is 2.08. The van der Waals surface area contributed by atoms with Crippen molar-refractivity contribution in [3.05, 3.63) is 47.8 Å². The lowest BCUT2D eigenvalue weighted by Crippen LogP contribution is -2.21. The van der Waals surface area contributed by atoms with Crippen LogP contribution in [0.15, 0.2) is 30.6 Å². The van der Waals surface area contributed by atoms with Crippen LogP contribution >= 0.6 is 0 Å². The molecule has 2 rings (SSSR count). The molecule has 18 heavy (non-hydrogen) atoms. The molecule has 0 radical (unpaired) electrons. The van der Waals surface area contributed by atoms with Crippen LogP contribution in [0.25, 0.3) is 0 Å². The number of benzene rings is 1. The number of aryl methyl sites for hydroxylation is 1. The monoisotopic (exact) mass is 248 g/mol. The lowest BCUT2D eigenvalue weighted by Gasteiger charge is -2.18. The summed E-state index contributed by atoms with van der Waals surface area (Å²) in [4.78, 5) is 6.22. The first kappa shape index (κ1) is 12.6. The van der Waals surface area contributed by atoms with Crippen LogP contribution in [-0.2, 0) is 20.1 Å². The highest BCUT2D eigenvalue weighted by molar-refractivity contribution is 5.47. The third-order valence-electron chi connectivity index (χ3n) is 2.92. The van der Waals surface area contributed by atoms with Gasteiger partial charge in [-0.25, -0.2) is 9.37 Å². The van der Waals surface area contributed by atoms with Gasteiger partial charge >= 0.3 is 0 Å². The Morgan fingerprint density at radius 3 is 2.78 bits per heavy atom. The molecule has 1 heterocycles. The van der Waals surface area contributed by atoms with Crippen LogP contribution in [0.5, 0.6) is 0 Å². The second kappa shape index (κ2) is 5.18. The van der Waals surface area contributed by atoms with E-state index in [1.807, 2.05) is 29.8 Å². The standard InChI is InChI=1S/C13H17FN4/c1-17(9-13-16-6-7-18(13)2)8-10-11(14)4-3-5-12(10)15/h3-7H,8-9,15H2,1-2H3. The van der Waals surface area contributed by atoms with Gasteiger partial charge < -0.3 is 10.3 Å². The maximum Gasteiger partial charge on any atom is 0.129 e. The van der Waals surface area contributed by atoms with Gasteiger partial charge in [0.05, 0.1) is 6.54 Å². The number of hydrogen-bond acceptors (Lipinski definition) is 3. The molecule has 0 atom stereocenters. The van der Waals surface area contributed by atoms with Crippen LogP contribution < -0.4 is 5.73 Å². The van der Waals surface area contributed by atoms with Crippen molar-refractivity contribution in [1.82, 2.24) is 14.5 Å². The van der Waals surface area contributed by atoms with Crippen LogP contribution in [0.1, 0.15) is 11.4 Å². The van der Waals surface area contributed by atoms with Gasteiger partial charge in [-0.05, 0) is 19.2 Å². The van der Waals surface area contributed by atoms with E-state index in [-0.39, 0.29) is 5.82 Å². The molecule has 0 saturated heterocycles. The first-order valence-electron chi connectivity index (χ1n) is 5.75. The fourth-order valence-corrected chi connectivity index (χ4v) is 1.86. The number of rotatable bonds is 4. The zero-order valence-electron chi connectivity index (χ0n) is 10.6. The van der Waals surface area contributed by atoms with Crippen molar-refractivity contribution in [1.29, 1.82) is 0 Å². The highest BCUT2D eigenvalue weighted by Gasteiger charge is 2.10. The molecule has 0 aliphatic heterocycles. The van der Waals surface area contributed by atoms with Crippen LogP contribution in [0.2, 0.25) is 0 Å². The quantitative estimate of drug-likeness (QED) is 0.839. The summed E-state index contributed by atoms with van der Waals surface area (Å²) >= 11 is 0. The van der Waals surface area contributed by atoms with E-state index in [4.69, 9.17) is 5.73 Å². The maximum absolute atomic E-state index is 13.6. The van der Waals surface area contributed by atoms with E-state index in [1.54, 1.807) is 18.3 Å². The molecule has 4 nitrogen and oxygen atoms in total. The van der Waals surface area contributed by atoms with Crippen LogP contribution in [0, 0.1) is 5.82 Å². The van der Waals surface area contributed by atoms with Gasteiger partial charge in [0.2, 0.25) is 0 Å². The Labute approximate surface area is 106 Å². The van der Waals surface area contributed by atoms with E-state index in [1.165, 1.54) is 6.07 Å². The van der Waals surface area contributed by atoms with Gasteiger partial charge in [-0.3, -0.25) is 4.90 Å². The molecule has 2 aromatic rings. The molecule has 0 aliphatic carbocycles. The predicted octanol–water partition coefficient (Wildman–Crippen LogP) is 1.77. The van der Waals surface area contributed by atoms with E-state index < -0.39 is 0 Å². The minimum Gasteiger partial charge on any atom is -0.398 e. The molecule has 0 unspecified atom stereocenters. The highest BCUT2D eigenvalue weighted by atomic mass is 19.1. The fourth-order valence-electron chi connectivity index (χ4n) is 1.86. The van der Waals surface area contributed by atoms with Crippen molar-refractivity contribution >= 4 is 5.69 Å². The molecule has 0 amide bonds. The average molecular weight is 248 g/mol. The molecule has 0 saturated carbocycles. The largest absolute Gasteiger partial charge is 0.398 e. The minimum atomic E-state index is -0.262. The summed E-state index contributed by atoms with van der Waals surface area (Å²) in [5.74, 6) is 0.675. The third-order valence-corrected chi connectivity index (χ3v) is 2.92. The van der Waals surface area contributed by atoms with E-state index in [0.29, 0.717) is 24.3 Å². The topological polar surface area (TPSA) is 47.1 Å². The van der Waals surface area contributed by atoms with Gasteiger partial charge in [0, 0.05) is 37.2 Å². The molecule has 0 aliphatic rings. The molecule has 0 fully saturated rings. The normalized spacial score (nSPS) is 11.1. The Morgan fingerprint density at radius 1 is 1.39 bits per heavy atom.